The van der Waals surface area contributed by atoms with E-state index in [1.807, 2.05) is 25.1 Å². The number of nitrogens with one attached hydrogen (secondary N) is 2. The van der Waals surface area contributed by atoms with Gasteiger partial charge in [-0.2, -0.15) is 5.10 Å². The van der Waals surface area contributed by atoms with E-state index in [1.54, 1.807) is 12.1 Å². The lowest BCUT2D eigenvalue weighted by atomic mass is 10.1. The summed E-state index contributed by atoms with van der Waals surface area (Å²) < 4.78 is 41.1. The van der Waals surface area contributed by atoms with Gasteiger partial charge in [-0.1, -0.05) is 29.5 Å². The lowest BCUT2D eigenvalue weighted by Gasteiger charge is -2.10. The molecule has 0 aliphatic carbocycles. The quantitative estimate of drug-likeness (QED) is 0.151. The molecule has 4 aromatic rings. The number of aromatic nitrogens is 5. The van der Waals surface area contributed by atoms with E-state index in [1.165, 1.54) is 29.5 Å². The zero-order valence-electron chi connectivity index (χ0n) is 22.1. The molecular weight excluding hydrogens is 559 g/mol. The van der Waals surface area contributed by atoms with E-state index in [9.17, 15) is 23.1 Å². The second-order valence-electron chi connectivity index (χ2n) is 9.17. The van der Waals surface area contributed by atoms with Crippen molar-refractivity contribution in [2.24, 2.45) is 0 Å². The molecule has 10 nitrogen and oxygen atoms in total. The Bertz CT molecular complexity index is 1430. The van der Waals surface area contributed by atoms with E-state index >= 15 is 0 Å². The van der Waals surface area contributed by atoms with Crippen molar-refractivity contribution in [2.45, 2.75) is 58.0 Å². The molecular formula is C27H28F3N7O3S. The Hall–Kier alpha value is -4.17. The maximum absolute atomic E-state index is 12.4. The third kappa shape index (κ3) is 10.4. The number of aryl methyl sites for hydroxylation is 3. The highest BCUT2D eigenvalue weighted by Gasteiger charge is 2.31. The standard InChI is InChI=1S/C27H28F3N7O3S/c1-17-6-4-9-20(31-17)16-24(39)33-26-37-36-25(41-26)11-3-2-8-19-12-13-22(35-34-19)32-23(38)15-18-7-5-10-21(14-18)40-27(28,29)30/h4-7,9-10,12-14,24,39H,2-3,8,11,15-16H2,1H3,(H,33,37)(H,32,35,38). The van der Waals surface area contributed by atoms with Gasteiger partial charge in [-0.25, -0.2) is 0 Å². The monoisotopic (exact) mass is 587 g/mol. The van der Waals surface area contributed by atoms with Crippen LogP contribution >= 0.6 is 11.3 Å². The molecule has 0 saturated heterocycles. The molecule has 0 radical (unpaired) electrons. The minimum atomic E-state index is -4.80. The van der Waals surface area contributed by atoms with Crippen LogP contribution in [0.2, 0.25) is 0 Å². The Balaban J connectivity index is 1.15. The molecule has 0 bridgehead atoms. The maximum atomic E-state index is 12.4. The van der Waals surface area contributed by atoms with Crippen LogP contribution in [0.1, 0.15) is 40.5 Å². The van der Waals surface area contributed by atoms with Crippen molar-refractivity contribution in [1.29, 1.82) is 0 Å². The average Bonchev–Trinajstić information content (AvgIpc) is 3.33. The van der Waals surface area contributed by atoms with Crippen molar-refractivity contribution in [2.75, 3.05) is 10.6 Å². The molecule has 3 heterocycles. The first-order valence-electron chi connectivity index (χ1n) is 12.8. The Labute approximate surface area is 238 Å². The van der Waals surface area contributed by atoms with E-state index in [0.29, 0.717) is 23.5 Å². The number of aliphatic hydroxyl groups is 1. The normalized spacial score (nSPS) is 12.1. The number of alkyl halides is 3. The number of carbonyl (C=O) groups excluding carboxylic acids is 1. The van der Waals surface area contributed by atoms with Crippen molar-refractivity contribution < 1.29 is 27.8 Å². The highest BCUT2D eigenvalue weighted by Crippen LogP contribution is 2.24. The average molecular weight is 588 g/mol. The second kappa shape index (κ2) is 13.9. The van der Waals surface area contributed by atoms with Crippen LogP contribution in [-0.4, -0.2) is 49.0 Å². The van der Waals surface area contributed by atoms with E-state index < -0.39 is 18.5 Å². The van der Waals surface area contributed by atoms with Crippen LogP contribution in [-0.2, 0) is 30.5 Å². The van der Waals surface area contributed by atoms with Gasteiger partial charge in [0, 0.05) is 24.2 Å². The molecule has 1 amide bonds. The number of hydrogen-bond acceptors (Lipinski definition) is 10. The summed E-state index contributed by atoms with van der Waals surface area (Å²) in [6.07, 6.45) is -2.32. The van der Waals surface area contributed by atoms with Crippen LogP contribution in [0.5, 0.6) is 5.75 Å². The summed E-state index contributed by atoms with van der Waals surface area (Å²) in [4.78, 5) is 16.7. The van der Waals surface area contributed by atoms with Crippen molar-refractivity contribution in [3.63, 3.8) is 0 Å². The van der Waals surface area contributed by atoms with Crippen LogP contribution in [0.25, 0.3) is 0 Å². The number of halogens is 3. The number of ether oxygens (including phenoxy) is 1. The van der Waals surface area contributed by atoms with Crippen molar-refractivity contribution >= 4 is 28.2 Å². The molecule has 0 aliphatic heterocycles. The molecule has 1 atom stereocenters. The fraction of sp³-hybridized carbons (Fsp3) is 0.333. The third-order valence-electron chi connectivity index (χ3n) is 5.66. The van der Waals surface area contributed by atoms with Crippen LogP contribution in [0.15, 0.2) is 54.6 Å². The van der Waals surface area contributed by atoms with E-state index in [2.05, 4.69) is 40.7 Å². The topological polar surface area (TPSA) is 135 Å². The van der Waals surface area contributed by atoms with E-state index in [-0.39, 0.29) is 18.0 Å². The highest BCUT2D eigenvalue weighted by molar-refractivity contribution is 7.15. The molecule has 0 spiro atoms. The maximum Gasteiger partial charge on any atom is 0.573 e. The Morgan fingerprint density at radius 3 is 2.56 bits per heavy atom. The molecule has 3 aromatic heterocycles. The van der Waals surface area contributed by atoms with Crippen LogP contribution in [0.4, 0.5) is 24.1 Å². The first-order valence-corrected chi connectivity index (χ1v) is 13.6. The summed E-state index contributed by atoms with van der Waals surface area (Å²) in [6.45, 7) is 1.90. The predicted molar refractivity (Wildman–Crippen MR) is 146 cm³/mol. The molecule has 216 valence electrons. The minimum Gasteiger partial charge on any atom is -0.406 e. The number of carbonyl (C=O) groups is 1. The molecule has 0 saturated carbocycles. The molecule has 3 N–H and O–H groups in total. The molecule has 14 heteroatoms. The van der Waals surface area contributed by atoms with Crippen LogP contribution in [0.3, 0.4) is 0 Å². The number of anilines is 2. The van der Waals surface area contributed by atoms with Gasteiger partial charge in [0.2, 0.25) is 11.0 Å². The summed E-state index contributed by atoms with van der Waals surface area (Å²) in [5.41, 5.74) is 2.80. The minimum absolute atomic E-state index is 0.149. The largest absolute Gasteiger partial charge is 0.573 e. The molecule has 1 aromatic carbocycles. The molecule has 0 aliphatic rings. The predicted octanol–water partition coefficient (Wildman–Crippen LogP) is 4.65. The molecule has 41 heavy (non-hydrogen) atoms. The summed E-state index contributed by atoms with van der Waals surface area (Å²) in [5.74, 6) is -0.585. The Morgan fingerprint density at radius 1 is 1.00 bits per heavy atom. The third-order valence-corrected chi connectivity index (χ3v) is 6.58. The van der Waals surface area contributed by atoms with Crippen LogP contribution in [0, 0.1) is 6.92 Å². The Morgan fingerprint density at radius 2 is 1.80 bits per heavy atom. The number of rotatable bonds is 13. The smallest absolute Gasteiger partial charge is 0.406 e. The van der Waals surface area contributed by atoms with Crippen molar-refractivity contribution in [1.82, 2.24) is 25.4 Å². The second-order valence-corrected chi connectivity index (χ2v) is 10.2. The molecule has 4 rings (SSSR count). The SMILES string of the molecule is Cc1cccc(CC(O)Nc2nnc(CCCCc3ccc(NC(=O)Cc4cccc(OC(F)(F)F)c4)nn3)s2)n1. The summed E-state index contributed by atoms with van der Waals surface area (Å²) in [7, 11) is 0. The van der Waals surface area contributed by atoms with Crippen LogP contribution < -0.4 is 15.4 Å². The van der Waals surface area contributed by atoms with Gasteiger partial charge < -0.3 is 20.5 Å². The lowest BCUT2D eigenvalue weighted by Crippen LogP contribution is -2.21. The van der Waals surface area contributed by atoms with Gasteiger partial charge in [0.05, 0.1) is 12.1 Å². The van der Waals surface area contributed by atoms with Gasteiger partial charge >= 0.3 is 6.36 Å². The summed E-state index contributed by atoms with van der Waals surface area (Å²) in [5, 5.41) is 33.7. The summed E-state index contributed by atoms with van der Waals surface area (Å²) >= 11 is 1.39. The lowest BCUT2D eigenvalue weighted by molar-refractivity contribution is -0.274. The number of pyridine rings is 1. The van der Waals surface area contributed by atoms with Gasteiger partial charge in [0.25, 0.3) is 0 Å². The number of unbranched alkanes of at least 4 members (excludes halogenated alkanes) is 1. The first-order chi connectivity index (χ1) is 19.6. The zero-order valence-corrected chi connectivity index (χ0v) is 22.9. The number of hydrogen-bond donors (Lipinski definition) is 3. The van der Waals surface area contributed by atoms with Gasteiger partial charge in [-0.15, -0.1) is 28.5 Å². The number of amides is 1. The zero-order chi connectivity index (χ0) is 29.2. The van der Waals surface area contributed by atoms with E-state index in [4.69, 9.17) is 0 Å². The number of aliphatic hydroxyl groups excluding tert-OH is 1. The number of benzene rings is 1. The van der Waals surface area contributed by atoms with E-state index in [0.717, 1.165) is 47.4 Å². The van der Waals surface area contributed by atoms with Gasteiger partial charge in [-0.3, -0.25) is 9.78 Å². The van der Waals surface area contributed by atoms with Gasteiger partial charge in [0.15, 0.2) is 5.82 Å². The first kappa shape index (κ1) is 29.8. The van der Waals surface area contributed by atoms with Gasteiger partial charge in [-0.05, 0) is 68.1 Å². The highest BCUT2D eigenvalue weighted by atomic mass is 32.1. The molecule has 0 fully saturated rings. The summed E-state index contributed by atoms with van der Waals surface area (Å²) in [6, 6.07) is 14.3. The fourth-order valence-electron chi connectivity index (χ4n) is 3.89. The van der Waals surface area contributed by atoms with Gasteiger partial charge in [0.1, 0.15) is 17.0 Å². The van der Waals surface area contributed by atoms with Crippen molar-refractivity contribution in [3.8, 4) is 5.75 Å². The fourth-order valence-corrected chi connectivity index (χ4v) is 4.71. The van der Waals surface area contributed by atoms with Crippen molar-refractivity contribution in [3.05, 3.63) is 82.3 Å². The number of nitrogens with zero attached hydrogens (tertiary/aromatic N) is 5. The molecule has 1 unspecified atom stereocenters. The Kier molecular flexibility index (Phi) is 10.1.